The second-order valence-corrected chi connectivity index (χ2v) is 10.7. The number of aliphatic hydroxyl groups excluding tert-OH is 1. The average molecular weight is 526 g/mol. The van der Waals surface area contributed by atoms with E-state index in [-0.39, 0.29) is 53.8 Å². The minimum Gasteiger partial charge on any atom is -0.458 e. The van der Waals surface area contributed by atoms with Gasteiger partial charge in [0.05, 0.1) is 35.1 Å². The highest BCUT2D eigenvalue weighted by atomic mass is 19.2. The third kappa shape index (κ3) is 3.69. The summed E-state index contributed by atoms with van der Waals surface area (Å²) in [6, 6.07) is 3.84. The van der Waals surface area contributed by atoms with Crippen molar-refractivity contribution in [1.29, 1.82) is 0 Å². The molecule has 0 aliphatic carbocycles. The Morgan fingerprint density at radius 1 is 1.16 bits per heavy atom. The molecule has 0 saturated carbocycles. The number of aliphatic hydroxyl groups is 2. The molecule has 38 heavy (non-hydrogen) atoms. The van der Waals surface area contributed by atoms with E-state index in [4.69, 9.17) is 4.74 Å². The quantitative estimate of drug-likeness (QED) is 0.395. The third-order valence-corrected chi connectivity index (χ3v) is 8.54. The summed E-state index contributed by atoms with van der Waals surface area (Å²) in [7, 11) is 0. The Labute approximate surface area is 217 Å². The van der Waals surface area contributed by atoms with Crippen LogP contribution in [0.25, 0.3) is 22.3 Å². The number of pyridine rings is 2. The number of fused-ring (bicyclic) bond motifs is 5. The molecule has 1 saturated heterocycles. The molecular formula is C28H29F2N3O5. The fourth-order valence-corrected chi connectivity index (χ4v) is 6.15. The van der Waals surface area contributed by atoms with Gasteiger partial charge in [0.1, 0.15) is 6.61 Å². The van der Waals surface area contributed by atoms with Gasteiger partial charge in [0, 0.05) is 29.1 Å². The van der Waals surface area contributed by atoms with Crippen molar-refractivity contribution < 1.29 is 28.5 Å². The van der Waals surface area contributed by atoms with Crippen molar-refractivity contribution in [1.82, 2.24) is 14.5 Å². The average Bonchev–Trinajstić information content (AvgIpc) is 3.26. The van der Waals surface area contributed by atoms with Crippen LogP contribution < -0.4 is 5.56 Å². The molecule has 0 unspecified atom stereocenters. The first-order valence-corrected chi connectivity index (χ1v) is 13.0. The molecule has 0 spiro atoms. The zero-order chi connectivity index (χ0) is 26.9. The van der Waals surface area contributed by atoms with Crippen molar-refractivity contribution in [3.63, 3.8) is 0 Å². The van der Waals surface area contributed by atoms with Gasteiger partial charge in [-0.2, -0.15) is 0 Å². The van der Waals surface area contributed by atoms with E-state index in [9.17, 15) is 28.6 Å². The van der Waals surface area contributed by atoms with Crippen LogP contribution in [0.4, 0.5) is 8.78 Å². The molecule has 2 atom stereocenters. The molecule has 1 aromatic carbocycles. The Hall–Kier alpha value is -3.21. The number of likely N-dealkylation sites (tertiary alicyclic amines) is 1. The summed E-state index contributed by atoms with van der Waals surface area (Å²) >= 11 is 0. The van der Waals surface area contributed by atoms with Gasteiger partial charge in [-0.1, -0.05) is 6.92 Å². The van der Waals surface area contributed by atoms with Gasteiger partial charge in [-0.05, 0) is 62.9 Å². The molecule has 1 fully saturated rings. The standard InChI is InChI=1S/C28H29F2N3O5/c1-3-28(37)20-9-24-25-18(12-33(24)26(35)19(20)13-38-27(28)36)17(11-32-6-4-15(5-7-32)14(2)34)16-8-21(29)22(30)10-23(16)31-25/h8-10,14-15,34,37H,3-7,11-13H2,1-2H3/t14-,28+/m1/s1. The molecule has 3 aliphatic heterocycles. The number of aromatic nitrogens is 2. The highest BCUT2D eigenvalue weighted by Gasteiger charge is 2.45. The van der Waals surface area contributed by atoms with E-state index in [1.54, 1.807) is 19.9 Å². The third-order valence-electron chi connectivity index (χ3n) is 8.54. The number of esters is 1. The summed E-state index contributed by atoms with van der Waals surface area (Å²) in [5.74, 6) is -2.58. The maximum atomic E-state index is 14.4. The number of cyclic esters (lactones) is 1. The number of nitrogens with zero attached hydrogens (tertiary/aromatic N) is 3. The number of hydrogen-bond acceptors (Lipinski definition) is 7. The zero-order valence-electron chi connectivity index (χ0n) is 21.3. The molecule has 5 heterocycles. The molecule has 3 aliphatic rings. The van der Waals surface area contributed by atoms with Crippen LogP contribution in [-0.2, 0) is 34.8 Å². The molecule has 0 radical (unpaired) electrons. The molecule has 2 aromatic heterocycles. The number of halogens is 2. The van der Waals surface area contributed by atoms with Gasteiger partial charge in [0.25, 0.3) is 5.56 Å². The number of carbonyl (C=O) groups is 1. The molecule has 6 rings (SSSR count). The molecule has 10 heteroatoms. The Balaban J connectivity index is 1.51. The van der Waals surface area contributed by atoms with Gasteiger partial charge in [0.15, 0.2) is 17.2 Å². The van der Waals surface area contributed by atoms with Crippen molar-refractivity contribution >= 4 is 16.9 Å². The zero-order valence-corrected chi connectivity index (χ0v) is 21.3. The Morgan fingerprint density at radius 2 is 1.87 bits per heavy atom. The first-order chi connectivity index (χ1) is 18.1. The highest BCUT2D eigenvalue weighted by Crippen LogP contribution is 2.41. The van der Waals surface area contributed by atoms with Crippen molar-refractivity contribution in [2.45, 2.75) is 64.5 Å². The minimum absolute atomic E-state index is 0.0257. The Bertz CT molecular complexity index is 1540. The number of rotatable bonds is 4. The van der Waals surface area contributed by atoms with Crippen LogP contribution in [-0.4, -0.2) is 49.8 Å². The molecular weight excluding hydrogens is 496 g/mol. The lowest BCUT2D eigenvalue weighted by atomic mass is 9.86. The second kappa shape index (κ2) is 8.93. The van der Waals surface area contributed by atoms with Gasteiger partial charge < -0.3 is 19.5 Å². The molecule has 200 valence electrons. The summed E-state index contributed by atoms with van der Waals surface area (Å²) < 4.78 is 35.4. The molecule has 0 bridgehead atoms. The van der Waals surface area contributed by atoms with E-state index < -0.39 is 23.2 Å². The predicted octanol–water partition coefficient (Wildman–Crippen LogP) is 2.95. The van der Waals surface area contributed by atoms with E-state index in [1.807, 2.05) is 0 Å². The van der Waals surface area contributed by atoms with Crippen LogP contribution in [0.3, 0.4) is 0 Å². The van der Waals surface area contributed by atoms with E-state index in [0.29, 0.717) is 23.3 Å². The van der Waals surface area contributed by atoms with Gasteiger partial charge in [-0.15, -0.1) is 0 Å². The molecule has 8 nitrogen and oxygen atoms in total. The second-order valence-electron chi connectivity index (χ2n) is 10.7. The SMILES string of the molecule is CC[C@@]1(O)C(=O)OCc2c1cc1n(c2=O)Cc2c-1nc1cc(F)c(F)cc1c2CN1CCC([C@@H](C)O)CC1. The van der Waals surface area contributed by atoms with Crippen LogP contribution in [0.2, 0.25) is 0 Å². The number of hydrogen-bond donors (Lipinski definition) is 2. The van der Waals surface area contributed by atoms with Crippen LogP contribution >= 0.6 is 0 Å². The first-order valence-electron chi connectivity index (χ1n) is 13.0. The van der Waals surface area contributed by atoms with E-state index in [2.05, 4.69) is 9.88 Å². The normalized spacial score (nSPS) is 22.2. The number of piperidine rings is 1. The highest BCUT2D eigenvalue weighted by molar-refractivity contribution is 5.89. The number of carbonyl (C=O) groups excluding carboxylic acids is 1. The van der Waals surface area contributed by atoms with E-state index in [1.165, 1.54) is 4.57 Å². The van der Waals surface area contributed by atoms with Crippen molar-refractivity contribution in [2.75, 3.05) is 13.1 Å². The predicted molar refractivity (Wildman–Crippen MR) is 134 cm³/mol. The van der Waals surface area contributed by atoms with Crippen molar-refractivity contribution in [3.05, 3.63) is 62.4 Å². The lowest BCUT2D eigenvalue weighted by molar-refractivity contribution is -0.172. The fraction of sp³-hybridized carbons (Fsp3) is 0.464. The summed E-state index contributed by atoms with van der Waals surface area (Å²) in [4.78, 5) is 32.9. The summed E-state index contributed by atoms with van der Waals surface area (Å²) in [5.41, 5.74) is 0.712. The number of ether oxygens (including phenoxy) is 1. The van der Waals surface area contributed by atoms with Crippen molar-refractivity contribution in [3.8, 4) is 11.4 Å². The van der Waals surface area contributed by atoms with E-state index in [0.717, 1.165) is 49.2 Å². The largest absolute Gasteiger partial charge is 0.458 e. The first kappa shape index (κ1) is 25.1. The maximum absolute atomic E-state index is 14.4. The lowest BCUT2D eigenvalue weighted by Crippen LogP contribution is -2.44. The van der Waals surface area contributed by atoms with E-state index >= 15 is 0 Å². The van der Waals surface area contributed by atoms with Crippen LogP contribution in [0.1, 0.15) is 55.4 Å². The van der Waals surface area contributed by atoms with Gasteiger partial charge in [-0.3, -0.25) is 9.69 Å². The van der Waals surface area contributed by atoms with Gasteiger partial charge in [0.2, 0.25) is 0 Å². The van der Waals surface area contributed by atoms with Gasteiger partial charge in [-0.25, -0.2) is 18.6 Å². The summed E-state index contributed by atoms with van der Waals surface area (Å²) in [6.45, 7) is 5.30. The Kier molecular flexibility index (Phi) is 5.89. The smallest absolute Gasteiger partial charge is 0.343 e. The maximum Gasteiger partial charge on any atom is 0.343 e. The lowest BCUT2D eigenvalue weighted by Gasteiger charge is -2.33. The van der Waals surface area contributed by atoms with Gasteiger partial charge >= 0.3 is 5.97 Å². The molecule has 3 aromatic rings. The van der Waals surface area contributed by atoms with Crippen LogP contribution in [0, 0.1) is 17.6 Å². The molecule has 0 amide bonds. The van der Waals surface area contributed by atoms with Crippen molar-refractivity contribution in [2.24, 2.45) is 5.92 Å². The van der Waals surface area contributed by atoms with Crippen LogP contribution in [0.5, 0.6) is 0 Å². The topological polar surface area (TPSA) is 105 Å². The fourth-order valence-electron chi connectivity index (χ4n) is 6.15. The molecule has 2 N–H and O–H groups in total. The monoisotopic (exact) mass is 525 g/mol. The Morgan fingerprint density at radius 3 is 2.55 bits per heavy atom. The minimum atomic E-state index is -1.95. The number of benzene rings is 1. The summed E-state index contributed by atoms with van der Waals surface area (Å²) in [6.07, 6.45) is 1.28. The van der Waals surface area contributed by atoms with Crippen LogP contribution in [0.15, 0.2) is 23.0 Å². The summed E-state index contributed by atoms with van der Waals surface area (Å²) in [5, 5.41) is 21.6.